The summed E-state index contributed by atoms with van der Waals surface area (Å²) in [6.45, 7) is 0.969. The molecule has 0 atom stereocenters. The lowest BCUT2D eigenvalue weighted by Gasteiger charge is -2.10. The van der Waals surface area contributed by atoms with Crippen LogP contribution in [0.5, 0.6) is 0 Å². The summed E-state index contributed by atoms with van der Waals surface area (Å²) < 4.78 is 0. The van der Waals surface area contributed by atoms with Crippen molar-refractivity contribution in [3.05, 3.63) is 64.7 Å². The Bertz CT molecular complexity index is 581. The molecule has 0 radical (unpaired) electrons. The molecule has 2 aromatic carbocycles. The predicted molar refractivity (Wildman–Crippen MR) is 87.3 cm³/mol. The maximum absolute atomic E-state index is 6.22. The highest BCUT2D eigenvalue weighted by Gasteiger charge is 2.20. The van der Waals surface area contributed by atoms with Gasteiger partial charge in [0, 0.05) is 28.3 Å². The van der Waals surface area contributed by atoms with Crippen molar-refractivity contribution < 1.29 is 0 Å². The Labute approximate surface area is 129 Å². The van der Waals surface area contributed by atoms with Crippen molar-refractivity contribution in [2.75, 3.05) is 0 Å². The number of benzene rings is 2. The second kappa shape index (κ2) is 6.66. The van der Waals surface area contributed by atoms with Gasteiger partial charge in [-0.05, 0) is 36.1 Å². The monoisotopic (exact) mass is 303 g/mol. The van der Waals surface area contributed by atoms with Gasteiger partial charge in [-0.2, -0.15) is 0 Å². The maximum atomic E-state index is 6.22. The summed E-state index contributed by atoms with van der Waals surface area (Å²) in [6.07, 6.45) is 2.66. The molecule has 0 aliphatic heterocycles. The molecule has 1 fully saturated rings. The third-order valence-corrected chi connectivity index (χ3v) is 5.01. The number of rotatable bonds is 6. The summed E-state index contributed by atoms with van der Waals surface area (Å²) in [4.78, 5) is 1.35. The van der Waals surface area contributed by atoms with Gasteiger partial charge in [0.1, 0.15) is 0 Å². The van der Waals surface area contributed by atoms with Crippen LogP contribution < -0.4 is 5.32 Å². The average Bonchev–Trinajstić information content (AvgIpc) is 3.29. The predicted octanol–water partition coefficient (Wildman–Crippen LogP) is 4.88. The molecule has 2 aromatic rings. The number of halogens is 1. The van der Waals surface area contributed by atoms with Crippen molar-refractivity contribution in [3.63, 3.8) is 0 Å². The number of nitrogens with one attached hydrogen (secondary N) is 1. The van der Waals surface area contributed by atoms with Crippen LogP contribution in [0.1, 0.15) is 24.0 Å². The number of hydrogen-bond donors (Lipinski definition) is 1. The molecule has 0 unspecified atom stereocenters. The van der Waals surface area contributed by atoms with Crippen molar-refractivity contribution in [3.8, 4) is 0 Å². The van der Waals surface area contributed by atoms with Crippen molar-refractivity contribution in [1.29, 1.82) is 0 Å². The van der Waals surface area contributed by atoms with E-state index in [1.807, 2.05) is 30.0 Å². The van der Waals surface area contributed by atoms with Crippen LogP contribution in [0.25, 0.3) is 0 Å². The summed E-state index contributed by atoms with van der Waals surface area (Å²) in [7, 11) is 0. The summed E-state index contributed by atoms with van der Waals surface area (Å²) >= 11 is 8.08. The Hall–Kier alpha value is -0.960. The second-order valence-corrected chi connectivity index (χ2v) is 6.57. The van der Waals surface area contributed by atoms with E-state index in [2.05, 4.69) is 35.6 Å². The molecule has 0 bridgehead atoms. The van der Waals surface area contributed by atoms with E-state index in [0.29, 0.717) is 0 Å². The molecule has 0 amide bonds. The molecule has 20 heavy (non-hydrogen) atoms. The summed E-state index contributed by atoms with van der Waals surface area (Å²) in [6, 6.07) is 17.5. The van der Waals surface area contributed by atoms with E-state index in [9.17, 15) is 0 Å². The van der Waals surface area contributed by atoms with Crippen LogP contribution >= 0.6 is 23.4 Å². The third-order valence-electron chi connectivity index (χ3n) is 3.47. The molecule has 104 valence electrons. The first-order valence-corrected chi connectivity index (χ1v) is 8.37. The molecule has 0 heterocycles. The van der Waals surface area contributed by atoms with E-state index in [1.165, 1.54) is 28.9 Å². The van der Waals surface area contributed by atoms with Gasteiger partial charge in [-0.25, -0.2) is 0 Å². The lowest BCUT2D eigenvalue weighted by atomic mass is 10.2. The van der Waals surface area contributed by atoms with Gasteiger partial charge in [0.15, 0.2) is 0 Å². The fourth-order valence-electron chi connectivity index (χ4n) is 2.10. The minimum atomic E-state index is 0.747. The molecular formula is C17H18ClNS. The van der Waals surface area contributed by atoms with Crippen molar-refractivity contribution in [2.45, 2.75) is 36.1 Å². The molecule has 1 aliphatic rings. The SMILES string of the molecule is Clc1ccccc1CSc1ccccc1CNC1CC1. The van der Waals surface area contributed by atoms with E-state index in [1.54, 1.807) is 0 Å². The largest absolute Gasteiger partial charge is 0.310 e. The van der Waals surface area contributed by atoms with Crippen LogP contribution in [-0.2, 0) is 12.3 Å². The number of thioether (sulfide) groups is 1. The van der Waals surface area contributed by atoms with Crippen molar-refractivity contribution in [2.24, 2.45) is 0 Å². The first-order valence-electron chi connectivity index (χ1n) is 7.00. The first kappa shape index (κ1) is 14.0. The molecule has 3 heteroatoms. The zero-order valence-electron chi connectivity index (χ0n) is 11.3. The van der Waals surface area contributed by atoms with Gasteiger partial charge in [-0.1, -0.05) is 48.0 Å². The first-order chi connectivity index (χ1) is 9.83. The Morgan fingerprint density at radius 3 is 2.45 bits per heavy atom. The maximum Gasteiger partial charge on any atom is 0.0446 e. The van der Waals surface area contributed by atoms with E-state index >= 15 is 0 Å². The zero-order chi connectivity index (χ0) is 13.8. The Balaban J connectivity index is 1.65. The normalized spacial score (nSPS) is 14.4. The van der Waals surface area contributed by atoms with Gasteiger partial charge in [0.05, 0.1) is 0 Å². The fourth-order valence-corrected chi connectivity index (χ4v) is 3.45. The zero-order valence-corrected chi connectivity index (χ0v) is 12.9. The quantitative estimate of drug-likeness (QED) is 0.763. The standard InChI is InChI=1S/C17H18ClNS/c18-16-7-3-1-6-14(16)12-20-17-8-4-2-5-13(17)11-19-15-9-10-15/h1-8,15,19H,9-12H2. The van der Waals surface area contributed by atoms with Gasteiger partial charge >= 0.3 is 0 Å². The minimum absolute atomic E-state index is 0.747. The molecule has 3 rings (SSSR count). The highest BCUT2D eigenvalue weighted by molar-refractivity contribution is 7.98. The summed E-state index contributed by atoms with van der Waals surface area (Å²) in [5, 5.41) is 4.44. The van der Waals surface area contributed by atoms with Crippen LogP contribution in [0.2, 0.25) is 5.02 Å². The van der Waals surface area contributed by atoms with Crippen LogP contribution in [-0.4, -0.2) is 6.04 Å². The summed E-state index contributed by atoms with van der Waals surface area (Å²) in [5.74, 6) is 0.917. The van der Waals surface area contributed by atoms with Crippen LogP contribution in [0.3, 0.4) is 0 Å². The highest BCUT2D eigenvalue weighted by Crippen LogP contribution is 2.29. The van der Waals surface area contributed by atoms with Crippen LogP contribution in [0.4, 0.5) is 0 Å². The van der Waals surface area contributed by atoms with E-state index in [4.69, 9.17) is 11.6 Å². The Kier molecular flexibility index (Phi) is 4.66. The molecule has 1 nitrogen and oxygen atoms in total. The molecule has 0 aromatic heterocycles. The van der Waals surface area contributed by atoms with Crippen LogP contribution in [0.15, 0.2) is 53.4 Å². The van der Waals surface area contributed by atoms with Gasteiger partial charge in [-0.15, -0.1) is 11.8 Å². The lowest BCUT2D eigenvalue weighted by molar-refractivity contribution is 0.680. The third kappa shape index (κ3) is 3.78. The topological polar surface area (TPSA) is 12.0 Å². The number of hydrogen-bond acceptors (Lipinski definition) is 2. The van der Waals surface area contributed by atoms with E-state index < -0.39 is 0 Å². The molecular weight excluding hydrogens is 286 g/mol. The van der Waals surface area contributed by atoms with E-state index in [-0.39, 0.29) is 0 Å². The van der Waals surface area contributed by atoms with Gasteiger partial charge in [0.2, 0.25) is 0 Å². The van der Waals surface area contributed by atoms with Crippen molar-refractivity contribution in [1.82, 2.24) is 5.32 Å². The van der Waals surface area contributed by atoms with Crippen LogP contribution in [0, 0.1) is 0 Å². The Morgan fingerprint density at radius 2 is 1.70 bits per heavy atom. The molecule has 0 spiro atoms. The second-order valence-electron chi connectivity index (χ2n) is 5.14. The fraction of sp³-hybridized carbons (Fsp3) is 0.294. The lowest BCUT2D eigenvalue weighted by Crippen LogP contribution is -2.15. The molecule has 1 saturated carbocycles. The van der Waals surface area contributed by atoms with Crippen molar-refractivity contribution >= 4 is 23.4 Å². The van der Waals surface area contributed by atoms with Gasteiger partial charge < -0.3 is 5.32 Å². The molecule has 1 N–H and O–H groups in total. The van der Waals surface area contributed by atoms with E-state index in [0.717, 1.165) is 23.4 Å². The highest BCUT2D eigenvalue weighted by atomic mass is 35.5. The molecule has 0 saturated heterocycles. The van der Waals surface area contributed by atoms with Gasteiger partial charge in [0.25, 0.3) is 0 Å². The summed E-state index contributed by atoms with van der Waals surface area (Å²) in [5.41, 5.74) is 2.58. The minimum Gasteiger partial charge on any atom is -0.310 e. The van der Waals surface area contributed by atoms with Gasteiger partial charge in [-0.3, -0.25) is 0 Å². The Morgan fingerprint density at radius 1 is 1.00 bits per heavy atom. The smallest absolute Gasteiger partial charge is 0.0446 e. The average molecular weight is 304 g/mol. The molecule has 1 aliphatic carbocycles.